The van der Waals surface area contributed by atoms with E-state index < -0.39 is 0 Å². The second-order valence-electron chi connectivity index (χ2n) is 7.58. The Bertz CT molecular complexity index is 1310. The smallest absolute Gasteiger partial charge is 0.260 e. The Morgan fingerprint density at radius 3 is 2.69 bits per heavy atom. The summed E-state index contributed by atoms with van der Waals surface area (Å²) in [5.41, 5.74) is 3.13. The number of aromatic nitrogens is 2. The van der Waals surface area contributed by atoms with Crippen LogP contribution >= 0.6 is 11.3 Å². The van der Waals surface area contributed by atoms with E-state index in [1.807, 2.05) is 36.6 Å². The van der Waals surface area contributed by atoms with Crippen LogP contribution in [-0.2, 0) is 17.8 Å². The molecule has 0 fully saturated rings. The molecule has 1 amide bonds. The van der Waals surface area contributed by atoms with E-state index in [4.69, 9.17) is 0 Å². The summed E-state index contributed by atoms with van der Waals surface area (Å²) in [7, 11) is 1.80. The quantitative estimate of drug-likeness (QED) is 0.437. The molecule has 0 aliphatic heterocycles. The molecule has 0 radical (unpaired) electrons. The summed E-state index contributed by atoms with van der Waals surface area (Å²) in [5.74, 6) is 0.0265. The van der Waals surface area contributed by atoms with Gasteiger partial charge in [0.25, 0.3) is 5.56 Å². The summed E-state index contributed by atoms with van der Waals surface area (Å²) in [6.07, 6.45) is 0.832. The highest BCUT2D eigenvalue weighted by molar-refractivity contribution is 7.17. The van der Waals surface area contributed by atoms with Gasteiger partial charge < -0.3 is 10.3 Å². The fourth-order valence-electron chi connectivity index (χ4n) is 3.61. The van der Waals surface area contributed by atoms with Crippen LogP contribution in [0.1, 0.15) is 18.3 Å². The van der Waals surface area contributed by atoms with Gasteiger partial charge in [-0.3, -0.25) is 14.5 Å². The second-order valence-corrected chi connectivity index (χ2v) is 8.44. The molecule has 32 heavy (non-hydrogen) atoms. The van der Waals surface area contributed by atoms with Crippen LogP contribution in [0.3, 0.4) is 0 Å². The van der Waals surface area contributed by atoms with Gasteiger partial charge in [-0.15, -0.1) is 11.3 Å². The number of nitrogens with zero attached hydrogens (tertiary/aromatic N) is 2. The number of hydrogen-bond donors (Lipinski definition) is 2. The molecule has 8 heteroatoms. The first-order valence-corrected chi connectivity index (χ1v) is 11.1. The Morgan fingerprint density at radius 2 is 1.94 bits per heavy atom. The van der Waals surface area contributed by atoms with Gasteiger partial charge >= 0.3 is 0 Å². The van der Waals surface area contributed by atoms with E-state index in [0.29, 0.717) is 22.6 Å². The van der Waals surface area contributed by atoms with Gasteiger partial charge in [-0.2, -0.15) is 0 Å². The Kier molecular flexibility index (Phi) is 6.43. The average Bonchev–Trinajstić information content (AvgIpc) is 3.19. The lowest BCUT2D eigenvalue weighted by Gasteiger charge is -2.16. The zero-order valence-electron chi connectivity index (χ0n) is 17.8. The molecule has 164 valence electrons. The largest absolute Gasteiger partial charge is 0.325 e. The van der Waals surface area contributed by atoms with Crippen molar-refractivity contribution in [1.82, 2.24) is 14.9 Å². The van der Waals surface area contributed by atoms with Crippen molar-refractivity contribution in [2.75, 3.05) is 18.9 Å². The van der Waals surface area contributed by atoms with Crippen molar-refractivity contribution >= 4 is 33.1 Å². The summed E-state index contributed by atoms with van der Waals surface area (Å²) in [4.78, 5) is 35.1. The zero-order chi connectivity index (χ0) is 22.7. The number of fused-ring (bicyclic) bond motifs is 1. The molecule has 4 rings (SSSR count). The number of aromatic amines is 1. The van der Waals surface area contributed by atoms with Crippen LogP contribution < -0.4 is 10.9 Å². The number of likely N-dealkylation sites (N-methyl/N-ethyl adjacent to an activating group) is 1. The van der Waals surface area contributed by atoms with Crippen molar-refractivity contribution in [3.63, 3.8) is 0 Å². The molecule has 2 aromatic carbocycles. The van der Waals surface area contributed by atoms with Crippen molar-refractivity contribution in [1.29, 1.82) is 0 Å². The molecule has 2 heterocycles. The number of carbonyl (C=O) groups is 1. The minimum Gasteiger partial charge on any atom is -0.325 e. The van der Waals surface area contributed by atoms with E-state index in [1.54, 1.807) is 24.1 Å². The number of rotatable bonds is 7. The van der Waals surface area contributed by atoms with Crippen molar-refractivity contribution < 1.29 is 9.18 Å². The average molecular weight is 451 g/mol. The normalized spacial score (nSPS) is 11.2. The summed E-state index contributed by atoms with van der Waals surface area (Å²) >= 11 is 1.37. The highest BCUT2D eigenvalue weighted by Crippen LogP contribution is 2.30. The lowest BCUT2D eigenvalue weighted by atomic mass is 10.1. The molecule has 0 unspecified atom stereocenters. The van der Waals surface area contributed by atoms with Crippen LogP contribution in [0.2, 0.25) is 0 Å². The number of thiophene rings is 1. The second kappa shape index (κ2) is 9.42. The summed E-state index contributed by atoms with van der Waals surface area (Å²) < 4.78 is 13.2. The molecule has 0 aliphatic rings. The van der Waals surface area contributed by atoms with Crippen molar-refractivity contribution in [3.05, 3.63) is 81.5 Å². The maximum atomic E-state index is 13.2. The van der Waals surface area contributed by atoms with E-state index in [-0.39, 0.29) is 23.8 Å². The molecule has 6 nitrogen and oxygen atoms in total. The number of hydrogen-bond acceptors (Lipinski definition) is 5. The molecule has 2 aromatic heterocycles. The molecule has 2 N–H and O–H groups in total. The zero-order valence-corrected chi connectivity index (χ0v) is 18.6. The molecule has 0 saturated carbocycles. The van der Waals surface area contributed by atoms with E-state index in [2.05, 4.69) is 15.3 Å². The van der Waals surface area contributed by atoms with Crippen molar-refractivity contribution in [3.8, 4) is 11.1 Å². The standard InChI is InChI=1S/C24H23FN4O2S/c1-3-15-6-4-5-7-19(15)26-21(30)13-29(2)12-20-27-23(31)22-18(14-32-24(22)28-20)16-8-10-17(25)11-9-16/h4-11,14H,3,12-13H2,1-2H3,(H,26,30)(H,27,28,31). The third-order valence-corrected chi connectivity index (χ3v) is 6.03. The number of nitrogens with one attached hydrogen (secondary N) is 2. The van der Waals surface area contributed by atoms with E-state index in [1.165, 1.54) is 23.5 Å². The van der Waals surface area contributed by atoms with Crippen LogP contribution in [0.15, 0.2) is 58.7 Å². The minimum absolute atomic E-state index is 0.133. The van der Waals surface area contributed by atoms with Crippen molar-refractivity contribution in [2.24, 2.45) is 0 Å². The summed E-state index contributed by atoms with van der Waals surface area (Å²) in [5, 5.41) is 5.29. The highest BCUT2D eigenvalue weighted by atomic mass is 32.1. The number of halogens is 1. The summed E-state index contributed by atoms with van der Waals surface area (Å²) in [6.45, 7) is 2.52. The molecule has 0 bridgehead atoms. The van der Waals surface area contributed by atoms with E-state index in [9.17, 15) is 14.0 Å². The SMILES string of the molecule is CCc1ccccc1NC(=O)CN(C)Cc1nc2scc(-c3ccc(F)cc3)c2c(=O)[nH]1. The fourth-order valence-corrected chi connectivity index (χ4v) is 4.57. The first kappa shape index (κ1) is 21.9. The van der Waals surface area contributed by atoms with Crippen LogP contribution in [0.4, 0.5) is 10.1 Å². The van der Waals surface area contributed by atoms with Gasteiger partial charge in [-0.05, 0) is 42.8 Å². The number of anilines is 1. The van der Waals surface area contributed by atoms with Crippen LogP contribution in [0.5, 0.6) is 0 Å². The predicted octanol–water partition coefficient (Wildman–Crippen LogP) is 4.42. The lowest BCUT2D eigenvalue weighted by Crippen LogP contribution is -2.31. The van der Waals surface area contributed by atoms with Gasteiger partial charge in [0.2, 0.25) is 5.91 Å². The van der Waals surface area contributed by atoms with E-state index >= 15 is 0 Å². The van der Waals surface area contributed by atoms with Crippen molar-refractivity contribution in [2.45, 2.75) is 19.9 Å². The number of aryl methyl sites for hydroxylation is 1. The predicted molar refractivity (Wildman–Crippen MR) is 126 cm³/mol. The van der Waals surface area contributed by atoms with Crippen LogP contribution in [-0.4, -0.2) is 34.4 Å². The molecule has 0 aliphatic carbocycles. The summed E-state index contributed by atoms with van der Waals surface area (Å²) in [6, 6.07) is 13.8. The van der Waals surface area contributed by atoms with Gasteiger partial charge in [0.15, 0.2) is 0 Å². The van der Waals surface area contributed by atoms with Gasteiger partial charge in [-0.1, -0.05) is 37.3 Å². The van der Waals surface area contributed by atoms with Crippen LogP contribution in [0.25, 0.3) is 21.3 Å². The monoisotopic (exact) mass is 450 g/mol. The maximum Gasteiger partial charge on any atom is 0.260 e. The third kappa shape index (κ3) is 4.76. The Labute approximate surface area is 188 Å². The molecule has 0 atom stereocenters. The van der Waals surface area contributed by atoms with Gasteiger partial charge in [0.1, 0.15) is 16.5 Å². The van der Waals surface area contributed by atoms with Gasteiger partial charge in [0, 0.05) is 16.6 Å². The molecule has 4 aromatic rings. The van der Waals surface area contributed by atoms with E-state index in [0.717, 1.165) is 28.8 Å². The highest BCUT2D eigenvalue weighted by Gasteiger charge is 2.15. The Balaban J connectivity index is 1.48. The minimum atomic E-state index is -0.326. The Morgan fingerprint density at radius 1 is 1.19 bits per heavy atom. The van der Waals surface area contributed by atoms with Gasteiger partial charge in [0.05, 0.1) is 18.5 Å². The number of benzene rings is 2. The number of carbonyl (C=O) groups excluding carboxylic acids is 1. The molecule has 0 spiro atoms. The fraction of sp³-hybridized carbons (Fsp3) is 0.208. The first-order chi connectivity index (χ1) is 15.4. The van der Waals surface area contributed by atoms with Crippen LogP contribution in [0, 0.1) is 5.82 Å². The Hall–Kier alpha value is -3.36. The lowest BCUT2D eigenvalue weighted by molar-refractivity contribution is -0.117. The molecular weight excluding hydrogens is 427 g/mol. The number of H-pyrrole nitrogens is 1. The molecule has 0 saturated heterocycles. The molecular formula is C24H23FN4O2S. The van der Waals surface area contributed by atoms with Gasteiger partial charge in [-0.25, -0.2) is 9.37 Å². The number of para-hydroxylation sites is 1. The third-order valence-electron chi connectivity index (χ3n) is 5.15. The topological polar surface area (TPSA) is 78.1 Å². The number of amides is 1. The first-order valence-electron chi connectivity index (χ1n) is 10.3. The maximum absolute atomic E-state index is 13.2.